The van der Waals surface area contributed by atoms with Crippen molar-refractivity contribution in [3.63, 3.8) is 0 Å². The third-order valence-electron chi connectivity index (χ3n) is 3.00. The summed E-state index contributed by atoms with van der Waals surface area (Å²) in [6.45, 7) is 0. The first-order valence-electron chi connectivity index (χ1n) is 5.58. The zero-order chi connectivity index (χ0) is 12.7. The van der Waals surface area contributed by atoms with Crippen LogP contribution in [0.15, 0.2) is 45.4 Å². The van der Waals surface area contributed by atoms with Gasteiger partial charge in [0.05, 0.1) is 10.2 Å². The van der Waals surface area contributed by atoms with Crippen molar-refractivity contribution >= 4 is 26.9 Å². The molecule has 2 N–H and O–H groups in total. The number of hydrogen-bond donors (Lipinski definition) is 1. The standard InChI is InChI=1S/C13H12BrN3O/c1-17-10(5-6-16-17)12(15)11-7-8-3-2-4-9(14)13(8)18-11/h2-7,12H,15H2,1H3. The molecule has 18 heavy (non-hydrogen) atoms. The molecule has 1 atom stereocenters. The van der Waals surface area contributed by atoms with Crippen molar-refractivity contribution in [1.82, 2.24) is 9.78 Å². The van der Waals surface area contributed by atoms with Crippen molar-refractivity contribution in [2.24, 2.45) is 12.8 Å². The average molecular weight is 306 g/mol. The fourth-order valence-corrected chi connectivity index (χ4v) is 2.50. The van der Waals surface area contributed by atoms with Gasteiger partial charge in [0, 0.05) is 18.6 Å². The van der Waals surface area contributed by atoms with E-state index >= 15 is 0 Å². The summed E-state index contributed by atoms with van der Waals surface area (Å²) in [4.78, 5) is 0. The van der Waals surface area contributed by atoms with Gasteiger partial charge in [0.1, 0.15) is 17.4 Å². The molecule has 0 fully saturated rings. The minimum absolute atomic E-state index is 0.309. The second-order valence-corrected chi connectivity index (χ2v) is 5.02. The van der Waals surface area contributed by atoms with E-state index < -0.39 is 0 Å². The Morgan fingerprint density at radius 1 is 1.39 bits per heavy atom. The van der Waals surface area contributed by atoms with Crippen molar-refractivity contribution in [1.29, 1.82) is 0 Å². The SMILES string of the molecule is Cn1nccc1C(N)c1cc2cccc(Br)c2o1. The van der Waals surface area contributed by atoms with Crippen LogP contribution in [0.5, 0.6) is 0 Å². The van der Waals surface area contributed by atoms with Crippen molar-refractivity contribution in [3.8, 4) is 0 Å². The predicted octanol–water partition coefficient (Wildman–Crippen LogP) is 2.98. The van der Waals surface area contributed by atoms with Gasteiger partial charge in [-0.3, -0.25) is 4.68 Å². The van der Waals surface area contributed by atoms with Crippen LogP contribution in [-0.4, -0.2) is 9.78 Å². The fourth-order valence-electron chi connectivity index (χ4n) is 2.04. The molecule has 0 aliphatic carbocycles. The number of rotatable bonds is 2. The van der Waals surface area contributed by atoms with E-state index in [4.69, 9.17) is 10.2 Å². The van der Waals surface area contributed by atoms with Gasteiger partial charge in [-0.15, -0.1) is 0 Å². The monoisotopic (exact) mass is 305 g/mol. The van der Waals surface area contributed by atoms with Gasteiger partial charge in [0.2, 0.25) is 0 Å². The molecule has 1 unspecified atom stereocenters. The molecule has 3 aromatic rings. The number of nitrogens with two attached hydrogens (primary N) is 1. The van der Waals surface area contributed by atoms with Crippen LogP contribution in [0, 0.1) is 0 Å². The maximum absolute atomic E-state index is 6.21. The molecule has 2 aromatic heterocycles. The van der Waals surface area contributed by atoms with Crippen LogP contribution in [0.4, 0.5) is 0 Å². The van der Waals surface area contributed by atoms with E-state index in [0.29, 0.717) is 0 Å². The lowest BCUT2D eigenvalue weighted by Crippen LogP contribution is -2.15. The molecule has 0 radical (unpaired) electrons. The number of furan rings is 1. The van der Waals surface area contributed by atoms with E-state index in [1.807, 2.05) is 37.4 Å². The first-order chi connectivity index (χ1) is 8.66. The maximum Gasteiger partial charge on any atom is 0.148 e. The Bertz CT molecular complexity index is 701. The summed E-state index contributed by atoms with van der Waals surface area (Å²) < 4.78 is 8.52. The van der Waals surface area contributed by atoms with E-state index in [-0.39, 0.29) is 6.04 Å². The maximum atomic E-state index is 6.21. The third-order valence-corrected chi connectivity index (χ3v) is 3.62. The van der Waals surface area contributed by atoms with Gasteiger partial charge in [0.25, 0.3) is 0 Å². The Morgan fingerprint density at radius 2 is 2.22 bits per heavy atom. The molecule has 0 aliphatic rings. The van der Waals surface area contributed by atoms with Crippen molar-refractivity contribution in [2.45, 2.75) is 6.04 Å². The molecule has 0 bridgehead atoms. The van der Waals surface area contributed by atoms with Gasteiger partial charge >= 0.3 is 0 Å². The molecule has 1 aromatic carbocycles. The summed E-state index contributed by atoms with van der Waals surface area (Å²) >= 11 is 3.47. The molecule has 0 aliphatic heterocycles. The first kappa shape index (κ1) is 11.5. The van der Waals surface area contributed by atoms with E-state index in [2.05, 4.69) is 21.0 Å². The number of halogens is 1. The summed E-state index contributed by atoms with van der Waals surface area (Å²) in [5.41, 5.74) is 7.95. The summed E-state index contributed by atoms with van der Waals surface area (Å²) in [6.07, 6.45) is 1.73. The summed E-state index contributed by atoms with van der Waals surface area (Å²) in [7, 11) is 1.87. The van der Waals surface area contributed by atoms with Crippen LogP contribution < -0.4 is 5.73 Å². The molecule has 0 spiro atoms. The quantitative estimate of drug-likeness (QED) is 0.792. The van der Waals surface area contributed by atoms with Gasteiger partial charge in [-0.25, -0.2) is 0 Å². The van der Waals surface area contributed by atoms with E-state index in [1.54, 1.807) is 10.9 Å². The summed E-state index contributed by atoms with van der Waals surface area (Å²) in [5, 5.41) is 5.16. The van der Waals surface area contributed by atoms with Crippen LogP contribution in [0.25, 0.3) is 11.0 Å². The summed E-state index contributed by atoms with van der Waals surface area (Å²) in [5.74, 6) is 0.737. The number of fused-ring (bicyclic) bond motifs is 1. The molecule has 0 saturated carbocycles. The number of benzene rings is 1. The van der Waals surface area contributed by atoms with Crippen LogP contribution in [0.3, 0.4) is 0 Å². The lowest BCUT2D eigenvalue weighted by atomic mass is 10.1. The topological polar surface area (TPSA) is 57.0 Å². The highest BCUT2D eigenvalue weighted by atomic mass is 79.9. The van der Waals surface area contributed by atoms with Gasteiger partial charge in [-0.2, -0.15) is 5.10 Å². The zero-order valence-corrected chi connectivity index (χ0v) is 11.4. The molecule has 4 nitrogen and oxygen atoms in total. The molecule has 2 heterocycles. The molecule has 3 rings (SSSR count). The molecule has 0 amide bonds. The Hall–Kier alpha value is -1.59. The summed E-state index contributed by atoms with van der Waals surface area (Å²) in [6, 6.07) is 9.48. The van der Waals surface area contributed by atoms with Gasteiger partial charge < -0.3 is 10.2 Å². The van der Waals surface area contributed by atoms with Crippen molar-refractivity contribution < 1.29 is 4.42 Å². The van der Waals surface area contributed by atoms with Crippen LogP contribution in [0.2, 0.25) is 0 Å². The predicted molar refractivity (Wildman–Crippen MR) is 73.2 cm³/mol. The molecule has 5 heteroatoms. The first-order valence-corrected chi connectivity index (χ1v) is 6.37. The highest BCUT2D eigenvalue weighted by Crippen LogP contribution is 2.30. The number of aromatic nitrogens is 2. The van der Waals surface area contributed by atoms with Crippen molar-refractivity contribution in [3.05, 3.63) is 52.5 Å². The lowest BCUT2D eigenvalue weighted by Gasteiger charge is -2.08. The molecular formula is C13H12BrN3O. The lowest BCUT2D eigenvalue weighted by molar-refractivity contribution is 0.508. The Kier molecular flexibility index (Phi) is 2.72. The largest absolute Gasteiger partial charge is 0.458 e. The average Bonchev–Trinajstić information content (AvgIpc) is 2.95. The minimum Gasteiger partial charge on any atom is -0.458 e. The van der Waals surface area contributed by atoms with E-state index in [9.17, 15) is 0 Å². The highest BCUT2D eigenvalue weighted by molar-refractivity contribution is 9.10. The second-order valence-electron chi connectivity index (χ2n) is 4.16. The van der Waals surface area contributed by atoms with Crippen LogP contribution >= 0.6 is 15.9 Å². The minimum atomic E-state index is -0.309. The second kappa shape index (κ2) is 4.26. The zero-order valence-electron chi connectivity index (χ0n) is 9.80. The Labute approximate surface area is 113 Å². The molecule has 92 valence electrons. The smallest absolute Gasteiger partial charge is 0.148 e. The van der Waals surface area contributed by atoms with Crippen LogP contribution in [-0.2, 0) is 7.05 Å². The van der Waals surface area contributed by atoms with E-state index in [1.165, 1.54) is 0 Å². The number of nitrogens with zero attached hydrogens (tertiary/aromatic N) is 2. The number of aryl methyl sites for hydroxylation is 1. The van der Waals surface area contributed by atoms with Gasteiger partial charge in [-0.05, 0) is 34.1 Å². The Morgan fingerprint density at radius 3 is 2.89 bits per heavy atom. The van der Waals surface area contributed by atoms with Gasteiger partial charge in [-0.1, -0.05) is 12.1 Å². The molecular weight excluding hydrogens is 294 g/mol. The van der Waals surface area contributed by atoms with Crippen LogP contribution in [0.1, 0.15) is 17.5 Å². The third kappa shape index (κ3) is 1.76. The Balaban J connectivity index is 2.10. The van der Waals surface area contributed by atoms with E-state index in [0.717, 1.165) is 26.9 Å². The number of para-hydroxylation sites is 1. The molecule has 0 saturated heterocycles. The highest BCUT2D eigenvalue weighted by Gasteiger charge is 2.17. The normalized spacial score (nSPS) is 13.1. The number of hydrogen-bond acceptors (Lipinski definition) is 3. The van der Waals surface area contributed by atoms with Crippen molar-refractivity contribution in [2.75, 3.05) is 0 Å². The fraction of sp³-hybridized carbons (Fsp3) is 0.154. The van der Waals surface area contributed by atoms with Gasteiger partial charge in [0.15, 0.2) is 0 Å².